The standard InChI is InChI=1S/C17H16F3NO3S/c1-10(22)12-3-4-16(25(2,23)24)15(9-12)21-6-5-11-7-13(18)17(20)14(19)8-11/h3-4,7-9,21H,5-6H2,1-2H3. The molecule has 4 nitrogen and oxygen atoms in total. The quantitative estimate of drug-likeness (QED) is 0.625. The first-order valence-corrected chi connectivity index (χ1v) is 9.21. The average molecular weight is 371 g/mol. The van der Waals surface area contributed by atoms with Crippen LogP contribution in [0.1, 0.15) is 22.8 Å². The first kappa shape index (κ1) is 19.0. The van der Waals surface area contributed by atoms with Crippen molar-refractivity contribution in [2.75, 3.05) is 18.1 Å². The molecule has 0 saturated carbocycles. The third-order valence-electron chi connectivity index (χ3n) is 3.56. The molecule has 0 fully saturated rings. The van der Waals surface area contributed by atoms with E-state index in [1.807, 2.05) is 0 Å². The van der Waals surface area contributed by atoms with E-state index < -0.39 is 27.3 Å². The van der Waals surface area contributed by atoms with Crippen molar-refractivity contribution in [2.24, 2.45) is 0 Å². The largest absolute Gasteiger partial charge is 0.384 e. The lowest BCUT2D eigenvalue weighted by Gasteiger charge is -2.12. The number of benzene rings is 2. The molecule has 25 heavy (non-hydrogen) atoms. The smallest absolute Gasteiger partial charge is 0.194 e. The summed E-state index contributed by atoms with van der Waals surface area (Å²) in [5, 5.41) is 2.85. The van der Waals surface area contributed by atoms with Crippen LogP contribution in [0.2, 0.25) is 0 Å². The molecule has 0 aromatic heterocycles. The number of carbonyl (C=O) groups is 1. The van der Waals surface area contributed by atoms with E-state index in [1.165, 1.54) is 25.1 Å². The molecule has 2 aromatic carbocycles. The topological polar surface area (TPSA) is 63.2 Å². The summed E-state index contributed by atoms with van der Waals surface area (Å²) >= 11 is 0. The molecule has 2 aromatic rings. The van der Waals surface area contributed by atoms with Crippen molar-refractivity contribution < 1.29 is 26.4 Å². The minimum atomic E-state index is -3.53. The zero-order chi connectivity index (χ0) is 18.8. The molecule has 0 unspecified atom stereocenters. The van der Waals surface area contributed by atoms with Gasteiger partial charge in [-0.15, -0.1) is 0 Å². The Morgan fingerprint density at radius 1 is 1.08 bits per heavy atom. The minimum absolute atomic E-state index is 0.00830. The fourth-order valence-electron chi connectivity index (χ4n) is 2.30. The number of hydrogen-bond acceptors (Lipinski definition) is 4. The summed E-state index contributed by atoms with van der Waals surface area (Å²) in [5.41, 5.74) is 0.763. The number of sulfone groups is 1. The van der Waals surface area contributed by atoms with Gasteiger partial charge in [-0.05, 0) is 49.2 Å². The van der Waals surface area contributed by atoms with E-state index in [4.69, 9.17) is 0 Å². The highest BCUT2D eigenvalue weighted by Gasteiger charge is 2.15. The molecule has 0 atom stereocenters. The lowest BCUT2D eigenvalue weighted by Crippen LogP contribution is -2.11. The van der Waals surface area contributed by atoms with E-state index in [0.717, 1.165) is 18.4 Å². The second-order valence-corrected chi connectivity index (χ2v) is 7.57. The molecule has 0 aliphatic heterocycles. The van der Waals surface area contributed by atoms with E-state index in [-0.39, 0.29) is 34.9 Å². The molecule has 134 valence electrons. The fourth-order valence-corrected chi connectivity index (χ4v) is 3.15. The van der Waals surface area contributed by atoms with Gasteiger partial charge in [-0.3, -0.25) is 4.79 Å². The number of carbonyl (C=O) groups excluding carboxylic acids is 1. The zero-order valence-electron chi connectivity index (χ0n) is 13.6. The highest BCUT2D eigenvalue weighted by atomic mass is 32.2. The third kappa shape index (κ3) is 4.60. The maximum Gasteiger partial charge on any atom is 0.194 e. The van der Waals surface area contributed by atoms with Gasteiger partial charge in [0.2, 0.25) is 0 Å². The van der Waals surface area contributed by atoms with E-state index in [9.17, 15) is 26.4 Å². The van der Waals surface area contributed by atoms with Crippen LogP contribution in [0.25, 0.3) is 0 Å². The molecule has 1 N–H and O–H groups in total. The van der Waals surface area contributed by atoms with Gasteiger partial charge >= 0.3 is 0 Å². The Hall–Kier alpha value is -2.35. The summed E-state index contributed by atoms with van der Waals surface area (Å²) in [4.78, 5) is 11.5. The van der Waals surface area contributed by atoms with Gasteiger partial charge in [0.1, 0.15) is 0 Å². The summed E-state index contributed by atoms with van der Waals surface area (Å²) in [5.74, 6) is -4.34. The molecule has 0 aliphatic rings. The van der Waals surface area contributed by atoms with Gasteiger partial charge < -0.3 is 5.32 Å². The van der Waals surface area contributed by atoms with Gasteiger partial charge in [-0.25, -0.2) is 21.6 Å². The van der Waals surface area contributed by atoms with Crippen molar-refractivity contribution in [1.82, 2.24) is 0 Å². The van der Waals surface area contributed by atoms with E-state index in [2.05, 4.69) is 5.32 Å². The second-order valence-electron chi connectivity index (χ2n) is 5.59. The molecule has 8 heteroatoms. The Morgan fingerprint density at radius 3 is 2.20 bits per heavy atom. The molecule has 0 spiro atoms. The van der Waals surface area contributed by atoms with Crippen LogP contribution in [0.3, 0.4) is 0 Å². The van der Waals surface area contributed by atoms with Gasteiger partial charge in [-0.1, -0.05) is 0 Å². The highest BCUT2D eigenvalue weighted by Crippen LogP contribution is 2.23. The monoisotopic (exact) mass is 371 g/mol. The lowest BCUT2D eigenvalue weighted by atomic mass is 10.1. The normalized spacial score (nSPS) is 11.4. The Labute approximate surface area is 143 Å². The summed E-state index contributed by atoms with van der Waals surface area (Å²) < 4.78 is 63.0. The van der Waals surface area contributed by atoms with Crippen LogP contribution in [0.5, 0.6) is 0 Å². The zero-order valence-corrected chi connectivity index (χ0v) is 14.4. The maximum absolute atomic E-state index is 13.2. The van der Waals surface area contributed by atoms with Crippen LogP contribution >= 0.6 is 0 Å². The maximum atomic E-state index is 13.2. The molecule has 0 heterocycles. The van der Waals surface area contributed by atoms with Gasteiger partial charge in [0.25, 0.3) is 0 Å². The summed E-state index contributed by atoms with van der Waals surface area (Å²) in [6.45, 7) is 1.48. The summed E-state index contributed by atoms with van der Waals surface area (Å²) in [6, 6.07) is 5.90. The SMILES string of the molecule is CC(=O)c1ccc(S(C)(=O)=O)c(NCCc2cc(F)c(F)c(F)c2)c1. The van der Waals surface area contributed by atoms with Crippen LogP contribution in [-0.4, -0.2) is 27.0 Å². The Morgan fingerprint density at radius 2 is 1.68 bits per heavy atom. The van der Waals surface area contributed by atoms with Gasteiger partial charge in [0.05, 0.1) is 10.6 Å². The summed E-state index contributed by atoms with van der Waals surface area (Å²) in [6.07, 6.45) is 1.16. The molecule has 0 aliphatic carbocycles. The van der Waals surface area contributed by atoms with Crippen molar-refractivity contribution in [2.45, 2.75) is 18.2 Å². The van der Waals surface area contributed by atoms with Crippen molar-refractivity contribution in [3.8, 4) is 0 Å². The van der Waals surface area contributed by atoms with E-state index in [0.29, 0.717) is 5.56 Å². The van der Waals surface area contributed by atoms with Crippen LogP contribution < -0.4 is 5.32 Å². The van der Waals surface area contributed by atoms with E-state index >= 15 is 0 Å². The highest BCUT2D eigenvalue weighted by molar-refractivity contribution is 7.90. The number of nitrogens with one attached hydrogen (secondary N) is 1. The van der Waals surface area contributed by atoms with Crippen LogP contribution in [-0.2, 0) is 16.3 Å². The lowest BCUT2D eigenvalue weighted by molar-refractivity contribution is 0.101. The molecular weight excluding hydrogens is 355 g/mol. The van der Waals surface area contributed by atoms with Crippen LogP contribution in [0, 0.1) is 17.5 Å². The Bertz CT molecular complexity index is 904. The molecular formula is C17H16F3NO3S. The molecule has 0 bridgehead atoms. The van der Waals surface area contributed by atoms with Crippen LogP contribution in [0.4, 0.5) is 18.9 Å². The number of halogens is 3. The summed E-state index contributed by atoms with van der Waals surface area (Å²) in [7, 11) is -3.53. The van der Waals surface area contributed by atoms with Crippen molar-refractivity contribution in [3.05, 3.63) is 58.9 Å². The van der Waals surface area contributed by atoms with Gasteiger partial charge in [-0.2, -0.15) is 0 Å². The number of Topliss-reactive ketones (excluding diaryl/α,β-unsaturated/α-hetero) is 1. The Balaban J connectivity index is 2.22. The van der Waals surface area contributed by atoms with E-state index in [1.54, 1.807) is 0 Å². The predicted molar refractivity (Wildman–Crippen MR) is 88.1 cm³/mol. The third-order valence-corrected chi connectivity index (χ3v) is 4.71. The minimum Gasteiger partial charge on any atom is -0.384 e. The van der Waals surface area contributed by atoms with Crippen molar-refractivity contribution in [3.63, 3.8) is 0 Å². The number of hydrogen-bond donors (Lipinski definition) is 1. The van der Waals surface area contributed by atoms with Gasteiger partial charge in [0, 0.05) is 18.4 Å². The molecule has 0 saturated heterocycles. The van der Waals surface area contributed by atoms with Crippen molar-refractivity contribution >= 4 is 21.3 Å². The predicted octanol–water partition coefficient (Wildman–Crippen LogP) is 3.36. The first-order valence-electron chi connectivity index (χ1n) is 7.32. The Kier molecular flexibility index (Phi) is 5.52. The fraction of sp³-hybridized carbons (Fsp3) is 0.235. The molecule has 2 rings (SSSR count). The van der Waals surface area contributed by atoms with Crippen LogP contribution in [0.15, 0.2) is 35.2 Å². The first-order chi connectivity index (χ1) is 11.6. The number of ketones is 1. The number of anilines is 1. The average Bonchev–Trinajstić information content (AvgIpc) is 2.51. The van der Waals surface area contributed by atoms with Crippen molar-refractivity contribution in [1.29, 1.82) is 0 Å². The number of rotatable bonds is 6. The molecule has 0 radical (unpaired) electrons. The van der Waals surface area contributed by atoms with Gasteiger partial charge in [0.15, 0.2) is 33.1 Å². The molecule has 0 amide bonds. The second kappa shape index (κ2) is 7.26.